The number of nitrogens with one attached hydrogen (secondary N) is 1. The third-order valence-corrected chi connectivity index (χ3v) is 8.44. The minimum atomic E-state index is -0.188. The number of rotatable bonds is 9. The number of carbonyl (C=O) groups excluding carboxylic acids is 1. The molecule has 1 N–H and O–H groups in total. The number of amides is 1. The Hall–Kier alpha value is -2.80. The Bertz CT molecular complexity index is 1290. The number of nitriles is 1. The van der Waals surface area contributed by atoms with E-state index in [1.807, 2.05) is 4.57 Å². The summed E-state index contributed by atoms with van der Waals surface area (Å²) in [5.41, 5.74) is 2.43. The number of benzene rings is 1. The van der Waals surface area contributed by atoms with Crippen molar-refractivity contribution in [3.8, 4) is 23.2 Å². The average Bonchev–Trinajstić information content (AvgIpc) is 3.42. The van der Waals surface area contributed by atoms with Crippen molar-refractivity contribution in [2.75, 3.05) is 18.2 Å². The van der Waals surface area contributed by atoms with Crippen molar-refractivity contribution in [3.63, 3.8) is 0 Å². The molecule has 2 aromatic heterocycles. The summed E-state index contributed by atoms with van der Waals surface area (Å²) < 4.78 is 7.34. The molecule has 182 valence electrons. The number of nitrogens with zero attached hydrogens (tertiary/aromatic N) is 4. The van der Waals surface area contributed by atoms with Crippen LogP contribution in [0.25, 0.3) is 11.4 Å². The minimum absolute atomic E-state index is 0.132. The van der Waals surface area contributed by atoms with Crippen molar-refractivity contribution in [1.82, 2.24) is 14.8 Å². The van der Waals surface area contributed by atoms with Crippen molar-refractivity contribution in [3.05, 3.63) is 51.9 Å². The molecule has 0 fully saturated rings. The summed E-state index contributed by atoms with van der Waals surface area (Å²) in [4.78, 5) is 14.1. The molecule has 0 saturated carbocycles. The second-order valence-corrected chi connectivity index (χ2v) is 10.7. The molecule has 35 heavy (non-hydrogen) atoms. The van der Waals surface area contributed by atoms with Crippen LogP contribution in [-0.4, -0.2) is 33.5 Å². The van der Waals surface area contributed by atoms with Gasteiger partial charge < -0.3 is 10.1 Å². The summed E-state index contributed by atoms with van der Waals surface area (Å²) in [5.74, 6) is 1.79. The molecule has 0 aliphatic heterocycles. The number of hydrogen-bond donors (Lipinski definition) is 1. The van der Waals surface area contributed by atoms with Gasteiger partial charge in [-0.3, -0.25) is 9.36 Å². The van der Waals surface area contributed by atoms with E-state index in [1.54, 1.807) is 31.4 Å². The van der Waals surface area contributed by atoms with Crippen molar-refractivity contribution in [1.29, 1.82) is 5.26 Å². The molecule has 0 radical (unpaired) electrons. The third-order valence-electron chi connectivity index (χ3n) is 6.07. The van der Waals surface area contributed by atoms with Crippen LogP contribution in [0.3, 0.4) is 0 Å². The van der Waals surface area contributed by atoms with E-state index in [1.165, 1.54) is 28.0 Å². The Morgan fingerprint density at radius 3 is 3.03 bits per heavy atom. The van der Waals surface area contributed by atoms with E-state index in [9.17, 15) is 10.1 Å². The zero-order valence-corrected chi connectivity index (χ0v) is 22.0. The van der Waals surface area contributed by atoms with Crippen molar-refractivity contribution in [2.24, 2.45) is 5.92 Å². The molecule has 2 heterocycles. The standard InChI is InChI=1S/C25H26ClN5O2S2/c1-4-10-31-23(18-12-16(26)7-9-20(18)33-3)29-30-25(31)34-14-22(32)28-24-19(13-27)17-8-6-15(5-2)11-21(17)35-24/h4,7,9,12,15H,1,5-6,8,10-11,14H2,2-3H3,(H,28,32). The van der Waals surface area contributed by atoms with Crippen LogP contribution in [0.4, 0.5) is 5.00 Å². The smallest absolute Gasteiger partial charge is 0.235 e. The lowest BCUT2D eigenvalue weighted by molar-refractivity contribution is -0.113. The molecule has 10 heteroatoms. The molecular weight excluding hydrogens is 502 g/mol. The predicted octanol–water partition coefficient (Wildman–Crippen LogP) is 5.97. The highest BCUT2D eigenvalue weighted by Gasteiger charge is 2.26. The summed E-state index contributed by atoms with van der Waals surface area (Å²) in [7, 11) is 1.58. The summed E-state index contributed by atoms with van der Waals surface area (Å²) in [6, 6.07) is 7.61. The molecule has 1 aromatic carbocycles. The first kappa shape index (κ1) is 25.3. The fraction of sp³-hybridized carbons (Fsp3) is 0.360. The third kappa shape index (κ3) is 5.40. The van der Waals surface area contributed by atoms with Gasteiger partial charge in [-0.1, -0.05) is 42.8 Å². The fourth-order valence-corrected chi connectivity index (χ4v) is 6.49. The minimum Gasteiger partial charge on any atom is -0.496 e. The van der Waals surface area contributed by atoms with Crippen LogP contribution in [0.1, 0.15) is 35.8 Å². The highest BCUT2D eigenvalue weighted by atomic mass is 35.5. The van der Waals surface area contributed by atoms with Crippen molar-refractivity contribution in [2.45, 2.75) is 44.3 Å². The topological polar surface area (TPSA) is 92.8 Å². The van der Waals surface area contributed by atoms with Gasteiger partial charge in [-0.2, -0.15) is 5.26 Å². The number of thiophene rings is 1. The second kappa shape index (κ2) is 11.3. The van der Waals surface area contributed by atoms with Gasteiger partial charge in [0.05, 0.1) is 24.0 Å². The van der Waals surface area contributed by atoms with Gasteiger partial charge in [0.2, 0.25) is 5.91 Å². The van der Waals surface area contributed by atoms with Gasteiger partial charge in [0.25, 0.3) is 0 Å². The molecule has 1 unspecified atom stereocenters. The van der Waals surface area contributed by atoms with Gasteiger partial charge in [0.15, 0.2) is 11.0 Å². The molecule has 0 spiro atoms. The summed E-state index contributed by atoms with van der Waals surface area (Å²) >= 11 is 9.02. The van der Waals surface area contributed by atoms with E-state index < -0.39 is 0 Å². The number of thioether (sulfide) groups is 1. The maximum Gasteiger partial charge on any atom is 0.235 e. The Morgan fingerprint density at radius 2 is 2.31 bits per heavy atom. The number of methoxy groups -OCH3 is 1. The highest BCUT2D eigenvalue weighted by Crippen LogP contribution is 2.40. The number of allylic oxidation sites excluding steroid dienone is 1. The van der Waals surface area contributed by atoms with Crippen LogP contribution >= 0.6 is 34.7 Å². The van der Waals surface area contributed by atoms with E-state index in [2.05, 4.69) is 35.1 Å². The molecule has 0 saturated heterocycles. The first-order valence-electron chi connectivity index (χ1n) is 11.3. The lowest BCUT2D eigenvalue weighted by Gasteiger charge is -2.20. The van der Waals surface area contributed by atoms with Gasteiger partial charge in [-0.05, 0) is 48.9 Å². The Morgan fingerprint density at radius 1 is 1.49 bits per heavy atom. The number of aromatic nitrogens is 3. The number of fused-ring (bicyclic) bond motifs is 1. The van der Waals surface area contributed by atoms with Gasteiger partial charge >= 0.3 is 0 Å². The second-order valence-electron chi connectivity index (χ2n) is 8.22. The molecule has 1 amide bonds. The zero-order chi connectivity index (χ0) is 24.9. The van der Waals surface area contributed by atoms with Gasteiger partial charge in [0, 0.05) is 16.4 Å². The Balaban J connectivity index is 1.51. The maximum absolute atomic E-state index is 12.8. The van der Waals surface area contributed by atoms with Crippen molar-refractivity contribution < 1.29 is 9.53 Å². The van der Waals surface area contributed by atoms with Gasteiger partial charge in [-0.15, -0.1) is 28.1 Å². The zero-order valence-electron chi connectivity index (χ0n) is 19.6. The average molecular weight is 528 g/mol. The number of ether oxygens (including phenoxy) is 1. The van der Waals surface area contributed by atoms with E-state index in [0.717, 1.165) is 31.2 Å². The fourth-order valence-electron chi connectivity index (χ4n) is 4.25. The SMILES string of the molecule is C=CCn1c(SCC(=O)Nc2sc3c(c2C#N)CCC(CC)C3)nnc1-c1cc(Cl)ccc1OC. The molecule has 1 aliphatic carbocycles. The van der Waals surface area contributed by atoms with Gasteiger partial charge in [-0.25, -0.2) is 0 Å². The molecule has 1 aliphatic rings. The first-order chi connectivity index (χ1) is 17.0. The van der Waals surface area contributed by atoms with Crippen LogP contribution in [0.15, 0.2) is 36.0 Å². The number of hydrogen-bond acceptors (Lipinski definition) is 7. The normalized spacial score (nSPS) is 14.7. The number of carbonyl (C=O) groups is 1. The predicted molar refractivity (Wildman–Crippen MR) is 141 cm³/mol. The van der Waals surface area contributed by atoms with Crippen LogP contribution in [0.5, 0.6) is 5.75 Å². The largest absolute Gasteiger partial charge is 0.496 e. The van der Waals surface area contributed by atoms with Crippen molar-refractivity contribution >= 4 is 45.6 Å². The lowest BCUT2D eigenvalue weighted by atomic mass is 9.86. The van der Waals surface area contributed by atoms with Crippen LogP contribution < -0.4 is 10.1 Å². The maximum atomic E-state index is 12.8. The Kier molecular flexibility index (Phi) is 8.16. The Labute approximate surface area is 218 Å². The summed E-state index contributed by atoms with van der Waals surface area (Å²) in [6.07, 6.45) is 5.85. The molecule has 3 aromatic rings. The quantitative estimate of drug-likeness (QED) is 0.272. The lowest BCUT2D eigenvalue weighted by Crippen LogP contribution is -2.15. The molecule has 4 rings (SSSR count). The molecule has 7 nitrogen and oxygen atoms in total. The summed E-state index contributed by atoms with van der Waals surface area (Å²) in [5, 5.41) is 23.1. The molecular formula is C25H26ClN5O2S2. The molecule has 1 atom stereocenters. The van der Waals surface area contributed by atoms with E-state index >= 15 is 0 Å². The number of halogens is 1. The van der Waals surface area contributed by atoms with Crippen LogP contribution in [0, 0.1) is 17.2 Å². The molecule has 0 bridgehead atoms. The summed E-state index contributed by atoms with van der Waals surface area (Å²) in [6.45, 7) is 6.49. The number of anilines is 1. The first-order valence-corrected chi connectivity index (χ1v) is 13.5. The van der Waals surface area contributed by atoms with Crippen LogP contribution in [0.2, 0.25) is 5.02 Å². The monoisotopic (exact) mass is 527 g/mol. The van der Waals surface area contributed by atoms with Gasteiger partial charge in [0.1, 0.15) is 16.8 Å². The van der Waals surface area contributed by atoms with E-state index in [0.29, 0.717) is 50.3 Å². The van der Waals surface area contributed by atoms with E-state index in [4.69, 9.17) is 16.3 Å². The highest BCUT2D eigenvalue weighted by molar-refractivity contribution is 7.99. The van der Waals surface area contributed by atoms with E-state index in [-0.39, 0.29) is 11.7 Å². The van der Waals surface area contributed by atoms with Crippen LogP contribution in [-0.2, 0) is 24.2 Å².